The van der Waals surface area contributed by atoms with Gasteiger partial charge in [-0.15, -0.1) is 0 Å². The molecule has 1 spiro atoms. The van der Waals surface area contributed by atoms with E-state index >= 15 is 0 Å². The summed E-state index contributed by atoms with van der Waals surface area (Å²) in [7, 11) is 1.60. The van der Waals surface area contributed by atoms with Crippen molar-refractivity contribution in [2.45, 2.75) is 69.6 Å². The molecule has 3 fully saturated rings. The Morgan fingerprint density at radius 1 is 1.45 bits per heavy atom. The van der Waals surface area contributed by atoms with E-state index in [0.29, 0.717) is 6.42 Å². The molecule has 1 aliphatic carbocycles. The zero-order chi connectivity index (χ0) is 14.5. The van der Waals surface area contributed by atoms with Crippen molar-refractivity contribution in [3.8, 4) is 0 Å². The van der Waals surface area contributed by atoms with Crippen molar-refractivity contribution in [2.24, 2.45) is 5.92 Å². The van der Waals surface area contributed by atoms with Gasteiger partial charge in [0.25, 0.3) is 0 Å². The molecule has 2 heterocycles. The maximum atomic E-state index is 14.2. The molecule has 114 valence electrons. The number of halogens is 1. The quantitative estimate of drug-likeness (QED) is 0.588. The summed E-state index contributed by atoms with van der Waals surface area (Å²) in [6, 6.07) is 0. The van der Waals surface area contributed by atoms with Crippen LogP contribution in [0, 0.1) is 5.92 Å². The molecule has 0 amide bonds. The van der Waals surface area contributed by atoms with Crippen LogP contribution in [0.1, 0.15) is 40.0 Å². The smallest absolute Gasteiger partial charge is 0.127 e. The fourth-order valence-electron chi connectivity index (χ4n) is 3.93. The van der Waals surface area contributed by atoms with E-state index in [1.165, 1.54) is 5.57 Å². The first-order valence-electron chi connectivity index (χ1n) is 7.55. The third-order valence-corrected chi connectivity index (χ3v) is 5.22. The van der Waals surface area contributed by atoms with E-state index in [2.05, 4.69) is 26.8 Å². The van der Waals surface area contributed by atoms with Crippen LogP contribution in [-0.4, -0.2) is 43.3 Å². The van der Waals surface area contributed by atoms with Crippen molar-refractivity contribution in [1.29, 1.82) is 0 Å². The molecule has 2 saturated heterocycles. The first-order valence-corrected chi connectivity index (χ1v) is 7.55. The Morgan fingerprint density at radius 2 is 2.15 bits per heavy atom. The van der Waals surface area contributed by atoms with Crippen LogP contribution in [0.5, 0.6) is 0 Å². The Morgan fingerprint density at radius 3 is 2.70 bits per heavy atom. The number of rotatable bonds is 4. The molecule has 4 heteroatoms. The molecule has 0 aromatic heterocycles. The first-order chi connectivity index (χ1) is 9.43. The minimum Gasteiger partial charge on any atom is -0.378 e. The van der Waals surface area contributed by atoms with Crippen LogP contribution < -0.4 is 0 Å². The van der Waals surface area contributed by atoms with Gasteiger partial charge in [0.1, 0.15) is 11.8 Å². The Hall–Kier alpha value is -0.450. The predicted molar refractivity (Wildman–Crippen MR) is 74.4 cm³/mol. The van der Waals surface area contributed by atoms with Crippen molar-refractivity contribution >= 4 is 0 Å². The molecule has 0 N–H and O–H groups in total. The lowest BCUT2D eigenvalue weighted by Gasteiger charge is -2.40. The lowest BCUT2D eigenvalue weighted by Crippen LogP contribution is -2.53. The number of allylic oxidation sites excluding steroid dienone is 1. The Kier molecular flexibility index (Phi) is 3.47. The second-order valence-electron chi connectivity index (χ2n) is 6.89. The topological polar surface area (TPSA) is 34.3 Å². The Labute approximate surface area is 120 Å². The zero-order valence-electron chi connectivity index (χ0n) is 12.8. The molecule has 0 aromatic carbocycles. The van der Waals surface area contributed by atoms with Gasteiger partial charge in [-0.2, -0.15) is 0 Å². The molecular weight excluding hydrogens is 259 g/mol. The fourth-order valence-corrected chi connectivity index (χ4v) is 3.93. The van der Waals surface area contributed by atoms with Gasteiger partial charge in [0, 0.05) is 7.11 Å². The summed E-state index contributed by atoms with van der Waals surface area (Å²) in [4.78, 5) is 0. The summed E-state index contributed by atoms with van der Waals surface area (Å²) < 4.78 is 31.4. The van der Waals surface area contributed by atoms with Crippen LogP contribution in [-0.2, 0) is 14.2 Å². The van der Waals surface area contributed by atoms with Crippen molar-refractivity contribution in [1.82, 2.24) is 0 Å². The van der Waals surface area contributed by atoms with Gasteiger partial charge in [-0.3, -0.25) is 0 Å². The highest BCUT2D eigenvalue weighted by Crippen LogP contribution is 2.59. The molecule has 0 radical (unpaired) electrons. The van der Waals surface area contributed by atoms with Crippen molar-refractivity contribution in [2.75, 3.05) is 13.7 Å². The molecule has 1 saturated carbocycles. The average Bonchev–Trinajstić information content (AvgIpc) is 3.29. The van der Waals surface area contributed by atoms with Crippen LogP contribution in [0.15, 0.2) is 11.6 Å². The maximum absolute atomic E-state index is 14.2. The van der Waals surface area contributed by atoms with E-state index in [9.17, 15) is 4.39 Å². The summed E-state index contributed by atoms with van der Waals surface area (Å²) in [6.07, 6.45) is 3.23. The van der Waals surface area contributed by atoms with Gasteiger partial charge < -0.3 is 14.2 Å². The maximum Gasteiger partial charge on any atom is 0.127 e. The SMILES string of the molecule is CO[C@H]1C(C2(C)O[C@@H]2CC=C(C)C)[C@]2(CC[C@@H]1F)CO2. The van der Waals surface area contributed by atoms with Crippen molar-refractivity contribution < 1.29 is 18.6 Å². The van der Waals surface area contributed by atoms with Gasteiger partial charge in [0.15, 0.2) is 0 Å². The number of hydrogen-bond donors (Lipinski definition) is 0. The van der Waals surface area contributed by atoms with Gasteiger partial charge in [-0.25, -0.2) is 4.39 Å². The summed E-state index contributed by atoms with van der Waals surface area (Å²) >= 11 is 0. The van der Waals surface area contributed by atoms with Crippen LogP contribution in [0.2, 0.25) is 0 Å². The minimum absolute atomic E-state index is 0.000637. The largest absolute Gasteiger partial charge is 0.378 e. The molecule has 0 bridgehead atoms. The molecule has 0 aromatic rings. The third kappa shape index (κ3) is 2.22. The van der Waals surface area contributed by atoms with E-state index in [0.717, 1.165) is 19.4 Å². The number of alkyl halides is 1. The van der Waals surface area contributed by atoms with E-state index in [4.69, 9.17) is 14.2 Å². The molecule has 3 aliphatic rings. The summed E-state index contributed by atoms with van der Waals surface area (Å²) in [5.41, 5.74) is 0.779. The van der Waals surface area contributed by atoms with E-state index in [1.54, 1.807) is 7.11 Å². The van der Waals surface area contributed by atoms with E-state index in [-0.39, 0.29) is 23.2 Å². The van der Waals surface area contributed by atoms with E-state index in [1.807, 2.05) is 0 Å². The average molecular weight is 284 g/mol. The Balaban J connectivity index is 1.78. The second-order valence-corrected chi connectivity index (χ2v) is 6.89. The predicted octanol–water partition coefficient (Wildman–Crippen LogP) is 3.03. The van der Waals surface area contributed by atoms with Crippen molar-refractivity contribution in [3.05, 3.63) is 11.6 Å². The molecule has 2 aliphatic heterocycles. The summed E-state index contributed by atoms with van der Waals surface area (Å²) in [5, 5.41) is 0. The van der Waals surface area contributed by atoms with Gasteiger partial charge in [-0.1, -0.05) is 11.6 Å². The molecular formula is C16H25FO3. The van der Waals surface area contributed by atoms with E-state index < -0.39 is 12.3 Å². The fraction of sp³-hybridized carbons (Fsp3) is 0.875. The van der Waals surface area contributed by atoms with Crippen LogP contribution in [0.4, 0.5) is 4.39 Å². The molecule has 3 rings (SSSR count). The summed E-state index contributed by atoms with van der Waals surface area (Å²) in [6.45, 7) is 6.98. The standard InChI is InChI=1S/C16H25FO3/c1-10(2)5-6-12-15(3,20-12)14-13(18-4)11(17)7-8-16(14)9-19-16/h5,11-14H,6-9H2,1-4H3/t11-,12+,13+,14?,15?,16-/m0/s1. The number of methoxy groups -OCH3 is 1. The number of ether oxygens (including phenoxy) is 3. The highest BCUT2D eigenvalue weighted by atomic mass is 19.1. The first kappa shape index (κ1) is 14.5. The lowest BCUT2D eigenvalue weighted by molar-refractivity contribution is -0.0905. The van der Waals surface area contributed by atoms with Gasteiger partial charge >= 0.3 is 0 Å². The highest BCUT2D eigenvalue weighted by molar-refractivity contribution is 5.20. The van der Waals surface area contributed by atoms with Crippen LogP contribution in [0.25, 0.3) is 0 Å². The Bertz CT molecular complexity index is 414. The van der Waals surface area contributed by atoms with Gasteiger partial charge in [0.05, 0.1) is 30.3 Å². The molecule has 2 unspecified atom stereocenters. The van der Waals surface area contributed by atoms with Crippen LogP contribution >= 0.6 is 0 Å². The number of hydrogen-bond acceptors (Lipinski definition) is 3. The minimum atomic E-state index is -0.912. The highest BCUT2D eigenvalue weighted by Gasteiger charge is 2.71. The lowest BCUT2D eigenvalue weighted by atomic mass is 9.68. The molecule has 20 heavy (non-hydrogen) atoms. The second kappa shape index (κ2) is 4.79. The van der Waals surface area contributed by atoms with Crippen molar-refractivity contribution in [3.63, 3.8) is 0 Å². The normalized spacial score (nSPS) is 50.0. The molecule has 3 nitrogen and oxygen atoms in total. The zero-order valence-corrected chi connectivity index (χ0v) is 12.8. The summed E-state index contributed by atoms with van der Waals surface area (Å²) in [5.74, 6) is -0.000637. The van der Waals surface area contributed by atoms with Gasteiger partial charge in [0.2, 0.25) is 0 Å². The molecule has 6 atom stereocenters. The number of epoxide rings is 2. The monoisotopic (exact) mass is 284 g/mol. The third-order valence-electron chi connectivity index (χ3n) is 5.22. The van der Waals surface area contributed by atoms with Gasteiger partial charge in [-0.05, 0) is 40.0 Å². The van der Waals surface area contributed by atoms with Crippen LogP contribution in [0.3, 0.4) is 0 Å².